The number of amides is 2. The Morgan fingerprint density at radius 3 is 2.65 bits per heavy atom. The van der Waals surface area contributed by atoms with Gasteiger partial charge in [-0.05, 0) is 42.1 Å². The highest BCUT2D eigenvalue weighted by Crippen LogP contribution is 2.30. The molecule has 3 N–H and O–H groups in total. The molecule has 0 radical (unpaired) electrons. The first-order chi connectivity index (χ1) is 10.9. The Balaban J connectivity index is 1.92. The zero-order valence-corrected chi connectivity index (χ0v) is 12.2. The van der Waals surface area contributed by atoms with Crippen molar-refractivity contribution in [1.82, 2.24) is 5.32 Å². The molecule has 1 aromatic carbocycles. The van der Waals surface area contributed by atoms with Gasteiger partial charge in [0.05, 0.1) is 4.91 Å². The summed E-state index contributed by atoms with van der Waals surface area (Å²) < 4.78 is 5.53. The number of carboxylic acid groups (broad SMARTS) is 1. The summed E-state index contributed by atoms with van der Waals surface area (Å²) in [5.74, 6) is -1.37. The summed E-state index contributed by atoms with van der Waals surface area (Å²) in [5.41, 5.74) is 0.222. The van der Waals surface area contributed by atoms with Crippen molar-refractivity contribution in [3.8, 4) is 17.1 Å². The molecule has 8 heteroatoms. The van der Waals surface area contributed by atoms with Gasteiger partial charge >= 0.3 is 5.97 Å². The third-order valence-electron chi connectivity index (χ3n) is 3.05. The molecule has 1 aliphatic rings. The summed E-state index contributed by atoms with van der Waals surface area (Å²) in [7, 11) is 0. The van der Waals surface area contributed by atoms with Crippen molar-refractivity contribution in [2.24, 2.45) is 0 Å². The van der Waals surface area contributed by atoms with Gasteiger partial charge in [-0.25, -0.2) is 4.79 Å². The lowest BCUT2D eigenvalue weighted by atomic mass is 10.1. The van der Waals surface area contributed by atoms with Crippen LogP contribution in [0, 0.1) is 0 Å². The van der Waals surface area contributed by atoms with Crippen molar-refractivity contribution >= 4 is 35.0 Å². The molecular weight excluding hydrogens is 322 g/mol. The van der Waals surface area contributed by atoms with Crippen molar-refractivity contribution in [3.05, 3.63) is 46.6 Å². The molecule has 1 aromatic heterocycles. The van der Waals surface area contributed by atoms with Crippen molar-refractivity contribution in [2.45, 2.75) is 0 Å². The number of hydrogen-bond donors (Lipinski definition) is 3. The van der Waals surface area contributed by atoms with Crippen LogP contribution in [0.2, 0.25) is 0 Å². The Morgan fingerprint density at radius 1 is 1.22 bits per heavy atom. The van der Waals surface area contributed by atoms with Crippen molar-refractivity contribution < 1.29 is 29.0 Å². The van der Waals surface area contributed by atoms with Crippen LogP contribution in [0.15, 0.2) is 39.7 Å². The van der Waals surface area contributed by atoms with Gasteiger partial charge in [0, 0.05) is 11.6 Å². The lowest BCUT2D eigenvalue weighted by molar-refractivity contribution is -0.115. The van der Waals surface area contributed by atoms with Crippen LogP contribution in [0.3, 0.4) is 0 Å². The molecule has 116 valence electrons. The Labute approximate surface area is 133 Å². The predicted molar refractivity (Wildman–Crippen MR) is 81.9 cm³/mol. The van der Waals surface area contributed by atoms with Crippen LogP contribution < -0.4 is 5.32 Å². The number of aromatic carboxylic acids is 1. The van der Waals surface area contributed by atoms with Gasteiger partial charge in [0.2, 0.25) is 0 Å². The molecule has 0 spiro atoms. The summed E-state index contributed by atoms with van der Waals surface area (Å²) in [5, 5.41) is 20.2. The van der Waals surface area contributed by atoms with E-state index in [1.165, 1.54) is 24.3 Å². The summed E-state index contributed by atoms with van der Waals surface area (Å²) in [6, 6.07) is 7.25. The Morgan fingerprint density at radius 2 is 2.00 bits per heavy atom. The van der Waals surface area contributed by atoms with E-state index >= 15 is 0 Å². The number of carbonyl (C=O) groups excluding carboxylic acids is 2. The highest BCUT2D eigenvalue weighted by Gasteiger charge is 2.25. The Kier molecular flexibility index (Phi) is 3.67. The van der Waals surface area contributed by atoms with Gasteiger partial charge in [0.1, 0.15) is 22.8 Å². The van der Waals surface area contributed by atoms with Crippen molar-refractivity contribution in [3.63, 3.8) is 0 Å². The maximum absolute atomic E-state index is 11.5. The first-order valence-electron chi connectivity index (χ1n) is 6.35. The molecule has 2 amide bonds. The maximum Gasteiger partial charge on any atom is 0.339 e. The Hall–Kier alpha value is -3.00. The van der Waals surface area contributed by atoms with E-state index in [9.17, 15) is 19.5 Å². The smallest absolute Gasteiger partial charge is 0.339 e. The number of aromatic hydroxyl groups is 1. The number of benzene rings is 1. The molecule has 0 atom stereocenters. The van der Waals surface area contributed by atoms with Gasteiger partial charge in [-0.1, -0.05) is 0 Å². The highest BCUT2D eigenvalue weighted by atomic mass is 32.2. The van der Waals surface area contributed by atoms with Gasteiger partial charge < -0.3 is 14.6 Å². The number of nitrogens with one attached hydrogen (secondary N) is 1. The van der Waals surface area contributed by atoms with E-state index in [1.807, 2.05) is 0 Å². The van der Waals surface area contributed by atoms with E-state index < -0.39 is 17.1 Å². The standard InChI is InChI=1S/C15H9NO6S/c17-10-3-1-7(5-9(10)14(19)20)11-4-2-8(22-11)6-12-13(18)16-15(21)23-12/h1-6,17H,(H,19,20)(H,16,18,21). The number of imide groups is 1. The predicted octanol–water partition coefficient (Wildman–Crippen LogP) is 2.67. The number of furan rings is 1. The van der Waals surface area contributed by atoms with Crippen LogP contribution in [-0.2, 0) is 4.79 Å². The van der Waals surface area contributed by atoms with Crippen molar-refractivity contribution in [1.29, 1.82) is 0 Å². The minimum atomic E-state index is -1.25. The molecule has 2 heterocycles. The van der Waals surface area contributed by atoms with Crippen LogP contribution in [0.25, 0.3) is 17.4 Å². The van der Waals surface area contributed by atoms with Gasteiger partial charge in [-0.15, -0.1) is 0 Å². The number of hydrogen-bond acceptors (Lipinski definition) is 6. The summed E-state index contributed by atoms with van der Waals surface area (Å²) in [6.45, 7) is 0. The quantitative estimate of drug-likeness (QED) is 0.740. The van der Waals surface area contributed by atoms with E-state index in [4.69, 9.17) is 9.52 Å². The molecule has 23 heavy (non-hydrogen) atoms. The fraction of sp³-hybridized carbons (Fsp3) is 0. The molecule has 0 bridgehead atoms. The van der Waals surface area contributed by atoms with E-state index in [2.05, 4.69) is 5.32 Å². The number of phenols is 1. The van der Waals surface area contributed by atoms with Crippen molar-refractivity contribution in [2.75, 3.05) is 0 Å². The van der Waals surface area contributed by atoms with E-state index in [0.29, 0.717) is 17.1 Å². The lowest BCUT2D eigenvalue weighted by Gasteiger charge is -2.02. The zero-order chi connectivity index (χ0) is 16.6. The lowest BCUT2D eigenvalue weighted by Crippen LogP contribution is -2.17. The molecule has 2 aromatic rings. The minimum absolute atomic E-state index is 0.216. The number of carboxylic acids is 1. The average Bonchev–Trinajstić information content (AvgIpc) is 3.06. The largest absolute Gasteiger partial charge is 0.507 e. The molecule has 1 saturated heterocycles. The maximum atomic E-state index is 11.5. The molecule has 0 saturated carbocycles. The van der Waals surface area contributed by atoms with Crippen LogP contribution in [-0.4, -0.2) is 27.3 Å². The number of carbonyl (C=O) groups is 3. The minimum Gasteiger partial charge on any atom is -0.507 e. The second-order valence-corrected chi connectivity index (χ2v) is 5.61. The van der Waals surface area contributed by atoms with Crippen LogP contribution in [0.4, 0.5) is 4.79 Å². The average molecular weight is 331 g/mol. The van der Waals surface area contributed by atoms with Gasteiger partial charge in [-0.3, -0.25) is 14.9 Å². The zero-order valence-electron chi connectivity index (χ0n) is 11.4. The normalized spacial score (nSPS) is 15.9. The SMILES string of the molecule is O=C1NC(=O)C(=Cc2ccc(-c3ccc(O)c(C(=O)O)c3)o2)S1. The summed E-state index contributed by atoms with van der Waals surface area (Å²) in [6.07, 6.45) is 1.42. The van der Waals surface area contributed by atoms with E-state index in [1.54, 1.807) is 12.1 Å². The van der Waals surface area contributed by atoms with Gasteiger partial charge in [-0.2, -0.15) is 0 Å². The fourth-order valence-electron chi connectivity index (χ4n) is 2.00. The third kappa shape index (κ3) is 2.97. The molecule has 3 rings (SSSR count). The first kappa shape index (κ1) is 14.9. The number of thioether (sulfide) groups is 1. The molecular formula is C15H9NO6S. The van der Waals surface area contributed by atoms with E-state index in [0.717, 1.165) is 11.8 Å². The third-order valence-corrected chi connectivity index (χ3v) is 3.86. The molecule has 0 aliphatic carbocycles. The second-order valence-electron chi connectivity index (χ2n) is 4.59. The molecule has 7 nitrogen and oxygen atoms in total. The van der Waals surface area contributed by atoms with Crippen LogP contribution in [0.5, 0.6) is 5.75 Å². The monoisotopic (exact) mass is 331 g/mol. The summed E-state index contributed by atoms with van der Waals surface area (Å²) in [4.78, 5) is 33.8. The molecule has 1 aliphatic heterocycles. The topological polar surface area (TPSA) is 117 Å². The summed E-state index contributed by atoms with van der Waals surface area (Å²) >= 11 is 0.773. The Bertz CT molecular complexity index is 867. The fourth-order valence-corrected chi connectivity index (χ4v) is 2.66. The van der Waals surface area contributed by atoms with Gasteiger partial charge in [0.15, 0.2) is 0 Å². The first-order valence-corrected chi connectivity index (χ1v) is 7.17. The second kappa shape index (κ2) is 5.65. The molecule has 1 fully saturated rings. The van der Waals surface area contributed by atoms with Gasteiger partial charge in [0.25, 0.3) is 11.1 Å². The molecule has 0 unspecified atom stereocenters. The highest BCUT2D eigenvalue weighted by molar-refractivity contribution is 8.18. The van der Waals surface area contributed by atoms with Crippen LogP contribution >= 0.6 is 11.8 Å². The number of rotatable bonds is 3. The van der Waals surface area contributed by atoms with Crippen LogP contribution in [0.1, 0.15) is 16.1 Å². The van der Waals surface area contributed by atoms with E-state index in [-0.39, 0.29) is 16.2 Å².